The third-order valence-electron chi connectivity index (χ3n) is 4.50. The van der Waals surface area contributed by atoms with Crippen molar-refractivity contribution >= 4 is 28.1 Å². The smallest absolute Gasteiger partial charge is 0.277 e. The van der Waals surface area contributed by atoms with Gasteiger partial charge in [-0.2, -0.15) is 0 Å². The molecule has 0 unspecified atom stereocenters. The number of nitrogens with zero attached hydrogens (tertiary/aromatic N) is 3. The largest absolute Gasteiger partial charge is 0.282 e. The Morgan fingerprint density at radius 3 is 2.48 bits per heavy atom. The van der Waals surface area contributed by atoms with Crippen molar-refractivity contribution in [3.05, 3.63) is 46.5 Å². The lowest BCUT2D eigenvalue weighted by atomic mass is 10.1. The summed E-state index contributed by atoms with van der Waals surface area (Å²) in [7, 11) is 0. The first-order valence-electron chi connectivity index (χ1n) is 8.73. The van der Waals surface area contributed by atoms with E-state index in [9.17, 15) is 14.9 Å². The summed E-state index contributed by atoms with van der Waals surface area (Å²) < 4.78 is 0. The van der Waals surface area contributed by atoms with Gasteiger partial charge in [0.25, 0.3) is 5.69 Å². The van der Waals surface area contributed by atoms with Gasteiger partial charge in [0.15, 0.2) is 0 Å². The number of hydrazine groups is 1. The van der Waals surface area contributed by atoms with E-state index < -0.39 is 0 Å². The van der Waals surface area contributed by atoms with Gasteiger partial charge in [-0.15, -0.1) is 0 Å². The molecule has 1 heterocycles. The van der Waals surface area contributed by atoms with Crippen molar-refractivity contribution in [1.29, 1.82) is 0 Å². The molecule has 1 saturated heterocycles. The highest BCUT2D eigenvalue weighted by Crippen LogP contribution is 2.35. The first kappa shape index (κ1) is 17.2. The fraction of sp³-hybridized carbons (Fsp3) is 0.421. The molecular weight excluding hydrogens is 318 g/mol. The topological polar surface area (TPSA) is 66.7 Å². The quantitative estimate of drug-likeness (QED) is 0.619. The molecule has 6 heteroatoms. The number of hydrogen-bond donors (Lipinski definition) is 0. The van der Waals surface area contributed by atoms with E-state index in [1.165, 1.54) is 6.07 Å². The van der Waals surface area contributed by atoms with Crippen LogP contribution in [0.4, 0.5) is 11.4 Å². The number of carbonyl (C=O) groups is 1. The minimum Gasteiger partial charge on any atom is -0.282 e. The Kier molecular flexibility index (Phi) is 4.88. The first-order valence-corrected chi connectivity index (χ1v) is 8.73. The summed E-state index contributed by atoms with van der Waals surface area (Å²) in [6.07, 6.45) is 2.48. The number of hydrogen-bond acceptors (Lipinski definition) is 4. The second kappa shape index (κ2) is 7.09. The van der Waals surface area contributed by atoms with Crippen molar-refractivity contribution in [2.75, 3.05) is 18.1 Å². The lowest BCUT2D eigenvalue weighted by Crippen LogP contribution is -2.51. The highest BCUT2D eigenvalue weighted by Gasteiger charge is 2.27. The van der Waals surface area contributed by atoms with Gasteiger partial charge in [-0.1, -0.05) is 32.0 Å². The third kappa shape index (κ3) is 3.43. The number of benzene rings is 2. The van der Waals surface area contributed by atoms with E-state index in [0.29, 0.717) is 24.3 Å². The van der Waals surface area contributed by atoms with E-state index in [4.69, 9.17) is 0 Å². The molecule has 2 aromatic carbocycles. The maximum Gasteiger partial charge on any atom is 0.277 e. The highest BCUT2D eigenvalue weighted by molar-refractivity contribution is 6.00. The summed E-state index contributed by atoms with van der Waals surface area (Å²) in [4.78, 5) is 23.6. The molecule has 1 fully saturated rings. The van der Waals surface area contributed by atoms with Gasteiger partial charge >= 0.3 is 0 Å². The molecule has 0 saturated carbocycles. The maximum atomic E-state index is 12.7. The molecule has 0 N–H and O–H groups in total. The molecule has 0 atom stereocenters. The molecule has 2 aromatic rings. The monoisotopic (exact) mass is 341 g/mol. The Balaban J connectivity index is 2.06. The minimum atomic E-state index is -0.357. The Hall–Kier alpha value is -2.63. The van der Waals surface area contributed by atoms with E-state index in [2.05, 4.69) is 0 Å². The number of non-ortho nitro benzene ring substituents is 1. The van der Waals surface area contributed by atoms with Crippen molar-refractivity contribution < 1.29 is 9.72 Å². The van der Waals surface area contributed by atoms with Gasteiger partial charge in [-0.05, 0) is 30.9 Å². The SMILES string of the molecule is CC(C)CC(=O)N1CCCCN1c1ccc([N+](=O)[O-])c2ccccc12. The molecule has 25 heavy (non-hydrogen) atoms. The molecule has 6 nitrogen and oxygen atoms in total. The van der Waals surface area contributed by atoms with Crippen LogP contribution in [-0.4, -0.2) is 28.9 Å². The summed E-state index contributed by atoms with van der Waals surface area (Å²) in [6.45, 7) is 5.50. The number of fused-ring (bicyclic) bond motifs is 1. The fourth-order valence-electron chi connectivity index (χ4n) is 3.38. The van der Waals surface area contributed by atoms with Crippen LogP contribution in [0.2, 0.25) is 0 Å². The molecule has 0 radical (unpaired) electrons. The van der Waals surface area contributed by atoms with Crippen LogP contribution in [-0.2, 0) is 4.79 Å². The van der Waals surface area contributed by atoms with Crippen LogP contribution in [0, 0.1) is 16.0 Å². The lowest BCUT2D eigenvalue weighted by molar-refractivity contribution is -0.383. The molecule has 1 amide bonds. The summed E-state index contributed by atoms with van der Waals surface area (Å²) in [5.41, 5.74) is 0.953. The van der Waals surface area contributed by atoms with Crippen LogP contribution in [0.1, 0.15) is 33.1 Å². The van der Waals surface area contributed by atoms with Gasteiger partial charge in [0.05, 0.1) is 16.0 Å². The molecule has 3 rings (SSSR count). The number of carbonyl (C=O) groups excluding carboxylic acids is 1. The zero-order chi connectivity index (χ0) is 18.0. The van der Waals surface area contributed by atoms with Gasteiger partial charge in [-0.25, -0.2) is 0 Å². The number of amides is 1. The second-order valence-electron chi connectivity index (χ2n) is 6.85. The average molecular weight is 341 g/mol. The molecule has 0 bridgehead atoms. The molecule has 0 aliphatic carbocycles. The molecule has 132 valence electrons. The van der Waals surface area contributed by atoms with E-state index >= 15 is 0 Å². The van der Waals surface area contributed by atoms with Crippen LogP contribution >= 0.6 is 0 Å². The minimum absolute atomic E-state index is 0.0939. The number of nitro benzene ring substituents is 1. The Bertz CT molecular complexity index is 804. The van der Waals surface area contributed by atoms with Crippen LogP contribution in [0.3, 0.4) is 0 Å². The van der Waals surface area contributed by atoms with Crippen molar-refractivity contribution in [3.63, 3.8) is 0 Å². The Morgan fingerprint density at radius 1 is 1.12 bits per heavy atom. The molecule has 0 aromatic heterocycles. The zero-order valence-electron chi connectivity index (χ0n) is 14.6. The van der Waals surface area contributed by atoms with Crippen molar-refractivity contribution in [3.8, 4) is 0 Å². The molecule has 0 spiro atoms. The van der Waals surface area contributed by atoms with E-state index in [0.717, 1.165) is 30.5 Å². The van der Waals surface area contributed by atoms with Crippen molar-refractivity contribution in [2.45, 2.75) is 33.1 Å². The maximum absolute atomic E-state index is 12.7. The van der Waals surface area contributed by atoms with Crippen molar-refractivity contribution in [1.82, 2.24) is 5.01 Å². The van der Waals surface area contributed by atoms with Gasteiger partial charge in [-0.3, -0.25) is 24.9 Å². The van der Waals surface area contributed by atoms with Crippen molar-refractivity contribution in [2.24, 2.45) is 5.92 Å². The van der Waals surface area contributed by atoms with E-state index in [-0.39, 0.29) is 16.5 Å². The normalized spacial score (nSPS) is 15.0. The van der Waals surface area contributed by atoms with Crippen LogP contribution in [0.25, 0.3) is 10.8 Å². The Morgan fingerprint density at radius 2 is 1.80 bits per heavy atom. The summed E-state index contributed by atoms with van der Waals surface area (Å²) in [6, 6.07) is 10.6. The van der Waals surface area contributed by atoms with Crippen LogP contribution in [0.15, 0.2) is 36.4 Å². The number of rotatable bonds is 4. The summed E-state index contributed by atoms with van der Waals surface area (Å²) in [5, 5.41) is 16.6. The second-order valence-corrected chi connectivity index (χ2v) is 6.85. The number of anilines is 1. The third-order valence-corrected chi connectivity index (χ3v) is 4.50. The van der Waals surface area contributed by atoms with Gasteiger partial charge < -0.3 is 0 Å². The Labute approximate surface area is 147 Å². The van der Waals surface area contributed by atoms with E-state index in [1.807, 2.05) is 36.0 Å². The number of nitro groups is 1. The molecule has 1 aliphatic heterocycles. The van der Waals surface area contributed by atoms with Crippen LogP contribution < -0.4 is 5.01 Å². The lowest BCUT2D eigenvalue weighted by Gasteiger charge is -2.41. The zero-order valence-corrected chi connectivity index (χ0v) is 14.6. The van der Waals surface area contributed by atoms with E-state index in [1.54, 1.807) is 18.2 Å². The average Bonchev–Trinajstić information content (AvgIpc) is 2.60. The molecular formula is C19H23N3O3. The van der Waals surface area contributed by atoms with Gasteiger partial charge in [0.1, 0.15) is 0 Å². The standard InChI is InChI=1S/C19H23N3O3/c1-14(2)13-19(23)21-12-6-5-11-20(21)17-9-10-18(22(24)25)16-8-4-3-7-15(16)17/h3-4,7-10,14H,5-6,11-13H2,1-2H3. The predicted molar refractivity (Wildman–Crippen MR) is 98.4 cm³/mol. The summed E-state index contributed by atoms with van der Waals surface area (Å²) >= 11 is 0. The van der Waals surface area contributed by atoms with Gasteiger partial charge in [0.2, 0.25) is 5.91 Å². The summed E-state index contributed by atoms with van der Waals surface area (Å²) in [5.74, 6) is 0.405. The van der Waals surface area contributed by atoms with Gasteiger partial charge in [0, 0.05) is 31.0 Å². The fourth-order valence-corrected chi connectivity index (χ4v) is 3.38. The highest BCUT2D eigenvalue weighted by atomic mass is 16.6. The molecule has 1 aliphatic rings. The first-order chi connectivity index (χ1) is 12.0. The van der Waals surface area contributed by atoms with Crippen LogP contribution in [0.5, 0.6) is 0 Å². The predicted octanol–water partition coefficient (Wildman–Crippen LogP) is 4.14.